The SMILES string of the molecule is CCCCNC(=NCc1nnc(C)n1C)NCCCc1ccc(Cl)cc1Cl. The fourth-order valence-corrected chi connectivity index (χ4v) is 3.01. The number of guanidine groups is 1. The zero-order chi connectivity index (χ0) is 19.6. The summed E-state index contributed by atoms with van der Waals surface area (Å²) < 4.78 is 1.95. The summed E-state index contributed by atoms with van der Waals surface area (Å²) in [5.74, 6) is 2.52. The van der Waals surface area contributed by atoms with Crippen LogP contribution >= 0.6 is 23.2 Å². The number of unbranched alkanes of at least 4 members (excludes halogenated alkanes) is 1. The summed E-state index contributed by atoms with van der Waals surface area (Å²) in [5.41, 5.74) is 1.11. The molecule has 148 valence electrons. The lowest BCUT2D eigenvalue weighted by atomic mass is 10.1. The van der Waals surface area contributed by atoms with Crippen LogP contribution in [0.15, 0.2) is 23.2 Å². The summed E-state index contributed by atoms with van der Waals surface area (Å²) in [6, 6.07) is 5.64. The normalized spacial score (nSPS) is 11.7. The van der Waals surface area contributed by atoms with Gasteiger partial charge in [-0.25, -0.2) is 4.99 Å². The van der Waals surface area contributed by atoms with Crippen LogP contribution in [0.5, 0.6) is 0 Å². The molecule has 0 fully saturated rings. The first kappa shape index (κ1) is 21.5. The Kier molecular flexibility index (Phi) is 8.88. The molecule has 8 heteroatoms. The molecule has 1 aromatic carbocycles. The van der Waals surface area contributed by atoms with Gasteiger partial charge in [0.25, 0.3) is 0 Å². The van der Waals surface area contributed by atoms with Crippen molar-refractivity contribution in [2.75, 3.05) is 13.1 Å². The highest BCUT2D eigenvalue weighted by Gasteiger charge is 2.06. The van der Waals surface area contributed by atoms with Crippen molar-refractivity contribution in [1.29, 1.82) is 0 Å². The lowest BCUT2D eigenvalue weighted by Crippen LogP contribution is -2.38. The number of hydrogen-bond donors (Lipinski definition) is 2. The van der Waals surface area contributed by atoms with Gasteiger partial charge in [-0.05, 0) is 43.9 Å². The largest absolute Gasteiger partial charge is 0.356 e. The summed E-state index contributed by atoms with van der Waals surface area (Å²) in [6.07, 6.45) is 4.06. The number of nitrogens with zero attached hydrogens (tertiary/aromatic N) is 4. The standard InChI is InChI=1S/C19H28Cl2N6/c1-4-5-10-22-19(24-13-18-26-25-14(2)27(18)3)23-11-6-7-15-8-9-16(20)12-17(15)21/h8-9,12H,4-7,10-11,13H2,1-3H3,(H2,22,23,24). The van der Waals surface area contributed by atoms with Gasteiger partial charge in [-0.1, -0.05) is 42.6 Å². The number of hydrogen-bond acceptors (Lipinski definition) is 3. The maximum atomic E-state index is 6.23. The van der Waals surface area contributed by atoms with E-state index in [4.69, 9.17) is 23.2 Å². The quantitative estimate of drug-likeness (QED) is 0.373. The fraction of sp³-hybridized carbons (Fsp3) is 0.526. The fourth-order valence-electron chi connectivity index (χ4n) is 2.51. The van der Waals surface area contributed by atoms with E-state index in [-0.39, 0.29) is 0 Å². The van der Waals surface area contributed by atoms with Crippen LogP contribution in [0.1, 0.15) is 43.4 Å². The third-order valence-corrected chi connectivity index (χ3v) is 4.90. The van der Waals surface area contributed by atoms with E-state index in [1.807, 2.05) is 30.7 Å². The van der Waals surface area contributed by atoms with E-state index in [1.54, 1.807) is 6.07 Å². The molecule has 0 aliphatic heterocycles. The molecular weight excluding hydrogens is 383 g/mol. The van der Waals surface area contributed by atoms with Crippen LogP contribution in [-0.2, 0) is 20.0 Å². The zero-order valence-corrected chi connectivity index (χ0v) is 17.7. The van der Waals surface area contributed by atoms with Gasteiger partial charge in [-0.3, -0.25) is 0 Å². The topological polar surface area (TPSA) is 67.1 Å². The van der Waals surface area contributed by atoms with Crippen LogP contribution in [0.4, 0.5) is 0 Å². The Morgan fingerprint density at radius 3 is 2.52 bits per heavy atom. The molecule has 0 aliphatic carbocycles. The van der Waals surface area contributed by atoms with E-state index < -0.39 is 0 Å². The Bertz CT molecular complexity index is 757. The number of rotatable bonds is 9. The second kappa shape index (κ2) is 11.1. The molecule has 0 saturated carbocycles. The highest BCUT2D eigenvalue weighted by molar-refractivity contribution is 6.35. The molecule has 6 nitrogen and oxygen atoms in total. The molecule has 2 aromatic rings. The lowest BCUT2D eigenvalue weighted by molar-refractivity contribution is 0.700. The first-order chi connectivity index (χ1) is 13.0. The van der Waals surface area contributed by atoms with Crippen molar-refractivity contribution in [3.05, 3.63) is 45.5 Å². The van der Waals surface area contributed by atoms with E-state index in [0.29, 0.717) is 11.6 Å². The smallest absolute Gasteiger partial charge is 0.191 e. The van der Waals surface area contributed by atoms with Crippen molar-refractivity contribution in [2.24, 2.45) is 12.0 Å². The van der Waals surface area contributed by atoms with Crippen LogP contribution in [0, 0.1) is 6.92 Å². The summed E-state index contributed by atoms with van der Waals surface area (Å²) in [5, 5.41) is 16.4. The summed E-state index contributed by atoms with van der Waals surface area (Å²) in [4.78, 5) is 4.64. The van der Waals surface area contributed by atoms with Gasteiger partial charge in [0, 0.05) is 30.2 Å². The van der Waals surface area contributed by atoms with Gasteiger partial charge in [0.05, 0.1) is 0 Å². The molecule has 0 amide bonds. The molecule has 0 bridgehead atoms. The van der Waals surface area contributed by atoms with Gasteiger partial charge in [0.1, 0.15) is 12.4 Å². The van der Waals surface area contributed by atoms with Crippen molar-refractivity contribution in [3.63, 3.8) is 0 Å². The predicted molar refractivity (Wildman–Crippen MR) is 113 cm³/mol. The van der Waals surface area contributed by atoms with Gasteiger partial charge in [0.2, 0.25) is 0 Å². The Balaban J connectivity index is 1.87. The molecule has 2 N–H and O–H groups in total. The van der Waals surface area contributed by atoms with Crippen molar-refractivity contribution in [3.8, 4) is 0 Å². The maximum absolute atomic E-state index is 6.23. The second-order valence-corrected chi connectivity index (χ2v) is 7.28. The minimum absolute atomic E-state index is 0.488. The minimum Gasteiger partial charge on any atom is -0.356 e. The number of aliphatic imine (C=N–C) groups is 1. The third-order valence-electron chi connectivity index (χ3n) is 4.31. The Morgan fingerprint density at radius 1 is 1.15 bits per heavy atom. The first-order valence-electron chi connectivity index (χ1n) is 9.32. The van der Waals surface area contributed by atoms with Crippen molar-refractivity contribution in [1.82, 2.24) is 25.4 Å². The molecular formula is C19H28Cl2N6. The Morgan fingerprint density at radius 2 is 1.89 bits per heavy atom. The summed E-state index contributed by atoms with van der Waals surface area (Å²) >= 11 is 12.2. The second-order valence-electron chi connectivity index (χ2n) is 6.43. The molecule has 2 rings (SSSR count). The molecule has 1 aromatic heterocycles. The van der Waals surface area contributed by atoms with E-state index in [2.05, 4.69) is 32.7 Å². The number of benzene rings is 1. The molecule has 1 heterocycles. The van der Waals surface area contributed by atoms with Crippen LogP contribution in [-0.4, -0.2) is 33.8 Å². The maximum Gasteiger partial charge on any atom is 0.191 e. The predicted octanol–water partition coefficient (Wildman–Crippen LogP) is 3.90. The van der Waals surface area contributed by atoms with Gasteiger partial charge >= 0.3 is 0 Å². The van der Waals surface area contributed by atoms with E-state index in [9.17, 15) is 0 Å². The van der Waals surface area contributed by atoms with Gasteiger partial charge in [0.15, 0.2) is 11.8 Å². The van der Waals surface area contributed by atoms with Crippen LogP contribution < -0.4 is 10.6 Å². The minimum atomic E-state index is 0.488. The van der Waals surface area contributed by atoms with Gasteiger partial charge < -0.3 is 15.2 Å². The van der Waals surface area contributed by atoms with Crippen LogP contribution in [0.3, 0.4) is 0 Å². The highest BCUT2D eigenvalue weighted by Crippen LogP contribution is 2.21. The number of aromatic nitrogens is 3. The summed E-state index contributed by atoms with van der Waals surface area (Å²) in [7, 11) is 1.95. The average molecular weight is 411 g/mol. The zero-order valence-electron chi connectivity index (χ0n) is 16.2. The lowest BCUT2D eigenvalue weighted by Gasteiger charge is -2.13. The summed E-state index contributed by atoms with van der Waals surface area (Å²) in [6.45, 7) is 6.28. The average Bonchev–Trinajstić information content (AvgIpc) is 2.96. The van der Waals surface area contributed by atoms with Crippen molar-refractivity contribution < 1.29 is 0 Å². The van der Waals surface area contributed by atoms with Crippen molar-refractivity contribution >= 4 is 29.2 Å². The molecule has 0 saturated heterocycles. The van der Waals surface area contributed by atoms with E-state index >= 15 is 0 Å². The molecule has 0 radical (unpaired) electrons. The Hall–Kier alpha value is -1.79. The van der Waals surface area contributed by atoms with Gasteiger partial charge in [-0.15, -0.1) is 10.2 Å². The molecule has 0 atom stereocenters. The first-order valence-corrected chi connectivity index (χ1v) is 10.1. The molecule has 0 spiro atoms. The van der Waals surface area contributed by atoms with Crippen LogP contribution in [0.25, 0.3) is 0 Å². The third kappa shape index (κ3) is 7.03. The van der Waals surface area contributed by atoms with Gasteiger partial charge in [-0.2, -0.15) is 0 Å². The van der Waals surface area contributed by atoms with Crippen molar-refractivity contribution in [2.45, 2.75) is 46.1 Å². The molecule has 0 aliphatic rings. The van der Waals surface area contributed by atoms with Crippen LogP contribution in [0.2, 0.25) is 10.0 Å². The highest BCUT2D eigenvalue weighted by atomic mass is 35.5. The Labute approximate surface area is 171 Å². The van der Waals surface area contributed by atoms with E-state index in [0.717, 1.165) is 67.0 Å². The molecule has 27 heavy (non-hydrogen) atoms. The monoisotopic (exact) mass is 410 g/mol. The number of nitrogens with one attached hydrogen (secondary N) is 2. The number of halogens is 2. The molecule has 0 unspecified atom stereocenters. The van der Waals surface area contributed by atoms with E-state index in [1.165, 1.54) is 0 Å². The number of aryl methyl sites for hydroxylation is 2.